The second kappa shape index (κ2) is 23.0. The standard InChI is InChI=1S/C44H82N2O15/c1-16-25(4)46(13)31-20-26(5)57-41(35(31)47)61-39-28(7)36(60-33-22-43(11,54-15)38(49)30(9)58-33)29(8)40(50)59-32(17-2)44(12,52)37(48)27(6)34(24(3)21-42(39,10)51)45-56-23-55-19-18-53-14/h24-33,35-39,41,47-49,51-52H,16-23H2,1-15H3/b45-34+/t24-,25?,26-,27+,28+,29-,30+,31+,32-,33+,35-,36+,37-,38+,39-,41+,42-,43-,44-/m1/s1. The molecule has 5 N–H and O–H groups in total. The van der Waals surface area contributed by atoms with Gasteiger partial charge in [0.15, 0.2) is 12.6 Å². The van der Waals surface area contributed by atoms with E-state index in [1.54, 1.807) is 55.6 Å². The van der Waals surface area contributed by atoms with E-state index in [2.05, 4.69) is 23.9 Å². The number of nitrogens with zero attached hydrogens (tertiary/aromatic N) is 2. The molecule has 19 atom stereocenters. The molecule has 0 bridgehead atoms. The quantitative estimate of drug-likeness (QED) is 0.0690. The summed E-state index contributed by atoms with van der Waals surface area (Å²) in [6, 6.07) is -0.183. The Labute approximate surface area is 364 Å². The van der Waals surface area contributed by atoms with Crippen molar-refractivity contribution in [2.24, 2.45) is 28.8 Å². The van der Waals surface area contributed by atoms with E-state index < -0.39 is 102 Å². The van der Waals surface area contributed by atoms with E-state index in [-0.39, 0.29) is 50.8 Å². The Morgan fingerprint density at radius 1 is 0.918 bits per heavy atom. The monoisotopic (exact) mass is 879 g/mol. The molecule has 0 aromatic rings. The van der Waals surface area contributed by atoms with Crippen LogP contribution in [0.5, 0.6) is 0 Å². The SMILES string of the molecule is CCC(C)N(C)[C@H]1C[C@@H](C)O[C@@H](O[C@@H]2[C@@H](C)[C@H](O[C@H]3C[C@@](C)(OC)[C@@H](O)[C@H](C)O3)[C@@H](C)C(=O)O[C@H](CC)[C@@](C)(O)[C@H](O)[C@@H](C)/C(=N/OCOCCOC)[C@H](C)C[C@@]2(C)O)[C@@H]1O. The van der Waals surface area contributed by atoms with Gasteiger partial charge in [0.25, 0.3) is 0 Å². The van der Waals surface area contributed by atoms with Crippen LogP contribution in [0.1, 0.15) is 115 Å². The third-order valence-electron chi connectivity index (χ3n) is 13.7. The lowest BCUT2D eigenvalue weighted by molar-refractivity contribution is -0.318. The highest BCUT2D eigenvalue weighted by atomic mass is 16.7. The van der Waals surface area contributed by atoms with Crippen molar-refractivity contribution < 1.29 is 73.1 Å². The molecule has 3 fully saturated rings. The third-order valence-corrected chi connectivity index (χ3v) is 13.7. The number of hydrogen-bond acceptors (Lipinski definition) is 17. The van der Waals surface area contributed by atoms with Gasteiger partial charge in [0.1, 0.15) is 23.9 Å². The maximum Gasteiger partial charge on any atom is 0.311 e. The molecule has 61 heavy (non-hydrogen) atoms. The van der Waals surface area contributed by atoms with Gasteiger partial charge in [-0.25, -0.2) is 0 Å². The third kappa shape index (κ3) is 13.0. The summed E-state index contributed by atoms with van der Waals surface area (Å²) in [7, 11) is 5.01. The number of rotatable bonds is 15. The lowest BCUT2D eigenvalue weighted by atomic mass is 9.73. The average molecular weight is 879 g/mol. The van der Waals surface area contributed by atoms with E-state index in [4.69, 9.17) is 42.7 Å². The fraction of sp³-hybridized carbons (Fsp3) is 0.955. The molecule has 3 aliphatic rings. The molecule has 358 valence electrons. The van der Waals surface area contributed by atoms with Crippen molar-refractivity contribution in [3.05, 3.63) is 0 Å². The summed E-state index contributed by atoms with van der Waals surface area (Å²) >= 11 is 0. The summed E-state index contributed by atoms with van der Waals surface area (Å²) in [5.41, 5.74) is -4.51. The second-order valence-corrected chi connectivity index (χ2v) is 18.7. The van der Waals surface area contributed by atoms with E-state index in [1.807, 2.05) is 20.9 Å². The predicted molar refractivity (Wildman–Crippen MR) is 226 cm³/mol. The number of likely N-dealkylation sites (N-methyl/N-ethyl adjacent to an activating group) is 1. The molecule has 0 saturated carbocycles. The molecule has 1 unspecified atom stereocenters. The van der Waals surface area contributed by atoms with E-state index in [0.29, 0.717) is 18.7 Å². The number of carbonyl (C=O) groups is 1. The first-order chi connectivity index (χ1) is 28.4. The van der Waals surface area contributed by atoms with Crippen molar-refractivity contribution in [1.82, 2.24) is 4.90 Å². The van der Waals surface area contributed by atoms with Gasteiger partial charge in [-0.15, -0.1) is 0 Å². The molecule has 0 aromatic heterocycles. The molecular formula is C44H82N2O15. The first kappa shape index (κ1) is 53.8. The smallest absolute Gasteiger partial charge is 0.311 e. The Morgan fingerprint density at radius 3 is 2.16 bits per heavy atom. The fourth-order valence-corrected chi connectivity index (χ4v) is 9.44. The second-order valence-electron chi connectivity index (χ2n) is 18.7. The number of ether oxygens (including phenoxy) is 8. The van der Waals surface area contributed by atoms with Gasteiger partial charge >= 0.3 is 5.97 Å². The zero-order valence-corrected chi connectivity index (χ0v) is 39.6. The first-order valence-electron chi connectivity index (χ1n) is 22.3. The van der Waals surface area contributed by atoms with Gasteiger partial charge in [0.2, 0.25) is 6.79 Å². The van der Waals surface area contributed by atoms with Crippen LogP contribution >= 0.6 is 0 Å². The highest BCUT2D eigenvalue weighted by Crippen LogP contribution is 2.41. The molecule has 17 heteroatoms. The number of cyclic esters (lactones) is 1. The van der Waals surface area contributed by atoms with Crippen molar-refractivity contribution in [1.29, 1.82) is 0 Å². The molecular weight excluding hydrogens is 796 g/mol. The predicted octanol–water partition coefficient (Wildman–Crippen LogP) is 3.38. The number of hydrogen-bond donors (Lipinski definition) is 5. The molecule has 0 radical (unpaired) electrons. The van der Waals surface area contributed by atoms with Crippen LogP contribution in [-0.2, 0) is 47.5 Å². The van der Waals surface area contributed by atoms with E-state index in [0.717, 1.165) is 6.42 Å². The Hall–Kier alpha value is -1.58. The van der Waals surface area contributed by atoms with E-state index in [9.17, 15) is 30.3 Å². The molecule has 3 saturated heterocycles. The van der Waals surface area contributed by atoms with Crippen LogP contribution in [0.2, 0.25) is 0 Å². The van der Waals surface area contributed by atoms with Gasteiger partial charge in [0, 0.05) is 50.5 Å². The van der Waals surface area contributed by atoms with Gasteiger partial charge < -0.3 is 68.3 Å². The minimum absolute atomic E-state index is 0.0316. The fourth-order valence-electron chi connectivity index (χ4n) is 9.44. The van der Waals surface area contributed by atoms with Crippen LogP contribution in [0.25, 0.3) is 0 Å². The lowest BCUT2D eigenvalue weighted by Gasteiger charge is -2.49. The molecule has 17 nitrogen and oxygen atoms in total. The van der Waals surface area contributed by atoms with Crippen molar-refractivity contribution >= 4 is 11.7 Å². The van der Waals surface area contributed by atoms with Crippen molar-refractivity contribution in [2.75, 3.05) is 41.3 Å². The zero-order valence-electron chi connectivity index (χ0n) is 39.6. The summed E-state index contributed by atoms with van der Waals surface area (Å²) in [6.07, 6.45) is -8.69. The molecule has 0 aliphatic carbocycles. The van der Waals surface area contributed by atoms with Gasteiger partial charge in [-0.05, 0) is 81.2 Å². The average Bonchev–Trinajstić information content (AvgIpc) is 3.21. The highest BCUT2D eigenvalue weighted by molar-refractivity contribution is 5.88. The highest BCUT2D eigenvalue weighted by Gasteiger charge is 2.53. The normalized spacial score (nSPS) is 44.7. The molecule has 0 spiro atoms. The number of carbonyl (C=O) groups excluding carboxylic acids is 1. The van der Waals surface area contributed by atoms with Crippen LogP contribution in [-0.4, -0.2) is 174 Å². The summed E-state index contributed by atoms with van der Waals surface area (Å²) in [6.45, 7) is 21.6. The Kier molecular flexibility index (Phi) is 20.3. The van der Waals surface area contributed by atoms with Crippen molar-refractivity contribution in [3.8, 4) is 0 Å². The maximum absolute atomic E-state index is 14.4. The summed E-state index contributed by atoms with van der Waals surface area (Å²) in [5, 5.41) is 64.2. The van der Waals surface area contributed by atoms with Crippen LogP contribution in [0.15, 0.2) is 5.16 Å². The Balaban J connectivity index is 2.24. The van der Waals surface area contributed by atoms with Crippen molar-refractivity contribution in [2.45, 2.75) is 205 Å². The molecule has 0 amide bonds. The lowest BCUT2D eigenvalue weighted by Crippen LogP contribution is -2.61. The summed E-state index contributed by atoms with van der Waals surface area (Å²) < 4.78 is 48.5. The first-order valence-corrected chi connectivity index (χ1v) is 22.3. The van der Waals surface area contributed by atoms with E-state index in [1.165, 1.54) is 14.0 Å². The maximum atomic E-state index is 14.4. The summed E-state index contributed by atoms with van der Waals surface area (Å²) in [5.74, 6) is -4.16. The van der Waals surface area contributed by atoms with Crippen molar-refractivity contribution in [3.63, 3.8) is 0 Å². The van der Waals surface area contributed by atoms with Gasteiger partial charge in [-0.1, -0.05) is 39.8 Å². The Bertz CT molecular complexity index is 1370. The van der Waals surface area contributed by atoms with Gasteiger partial charge in [-0.2, -0.15) is 0 Å². The van der Waals surface area contributed by atoms with Crippen LogP contribution < -0.4 is 0 Å². The van der Waals surface area contributed by atoms with Crippen LogP contribution in [0.4, 0.5) is 0 Å². The van der Waals surface area contributed by atoms with Crippen LogP contribution in [0, 0.1) is 23.7 Å². The molecule has 3 rings (SSSR count). The molecule has 0 aromatic carbocycles. The zero-order chi connectivity index (χ0) is 46.2. The number of oxime groups is 1. The Morgan fingerprint density at radius 2 is 1.57 bits per heavy atom. The largest absolute Gasteiger partial charge is 0.459 e. The minimum Gasteiger partial charge on any atom is -0.459 e. The van der Waals surface area contributed by atoms with E-state index >= 15 is 0 Å². The summed E-state index contributed by atoms with van der Waals surface area (Å²) in [4.78, 5) is 22.1. The van der Waals surface area contributed by atoms with Crippen LogP contribution in [0.3, 0.4) is 0 Å². The molecule has 3 heterocycles. The molecule has 3 aliphatic heterocycles. The number of aliphatic hydroxyl groups is 5. The van der Waals surface area contributed by atoms with Gasteiger partial charge in [-0.3, -0.25) is 9.69 Å². The number of esters is 1. The number of aliphatic hydroxyl groups excluding tert-OH is 3. The van der Waals surface area contributed by atoms with Gasteiger partial charge in [0.05, 0.1) is 66.6 Å². The topological polar surface area (TPSA) is 217 Å². The minimum atomic E-state index is -1.97. The number of methoxy groups -OCH3 is 2.